The fourth-order valence-electron chi connectivity index (χ4n) is 2.74. The molecular formula is C21H22F3NO. The monoisotopic (exact) mass is 361 g/mol. The van der Waals surface area contributed by atoms with Gasteiger partial charge in [-0.15, -0.1) is 0 Å². The summed E-state index contributed by atoms with van der Waals surface area (Å²) in [5.41, 5.74) is 1.22. The molecule has 0 fully saturated rings. The average Bonchev–Trinajstić information content (AvgIpc) is 2.66. The summed E-state index contributed by atoms with van der Waals surface area (Å²) >= 11 is 0. The van der Waals surface area contributed by atoms with Crippen LogP contribution in [0.1, 0.15) is 31.4 Å². The summed E-state index contributed by atoms with van der Waals surface area (Å²) in [4.78, 5) is 0. The van der Waals surface area contributed by atoms with Crippen molar-refractivity contribution in [3.8, 4) is 5.75 Å². The van der Waals surface area contributed by atoms with E-state index in [0.29, 0.717) is 11.1 Å². The number of halogens is 3. The number of rotatable bonds is 3. The molecule has 0 radical (unpaired) electrons. The van der Waals surface area contributed by atoms with Gasteiger partial charge in [-0.05, 0) is 11.1 Å². The van der Waals surface area contributed by atoms with Gasteiger partial charge in [-0.25, -0.2) is 13.2 Å². The van der Waals surface area contributed by atoms with Crippen LogP contribution in [0.25, 0.3) is 11.3 Å². The number of hydrogen-bond donors (Lipinski definition) is 1. The Morgan fingerprint density at radius 1 is 1.08 bits per heavy atom. The average molecular weight is 361 g/mol. The predicted octanol–water partition coefficient (Wildman–Crippen LogP) is 5.71. The molecule has 26 heavy (non-hydrogen) atoms. The second-order valence-electron chi connectivity index (χ2n) is 5.51. The molecule has 2 nitrogen and oxygen atoms in total. The van der Waals surface area contributed by atoms with Crippen LogP contribution in [0.3, 0.4) is 0 Å². The van der Waals surface area contributed by atoms with Gasteiger partial charge in [-0.3, -0.25) is 0 Å². The van der Waals surface area contributed by atoms with Crippen LogP contribution >= 0.6 is 0 Å². The first kappa shape index (κ1) is 19.6. The number of alkyl halides is 1. The van der Waals surface area contributed by atoms with Crippen LogP contribution in [0.4, 0.5) is 13.2 Å². The topological polar surface area (TPSA) is 21.3 Å². The van der Waals surface area contributed by atoms with Gasteiger partial charge < -0.3 is 10.1 Å². The smallest absolute Gasteiger partial charge is 0.143 e. The van der Waals surface area contributed by atoms with Crippen molar-refractivity contribution < 1.29 is 17.9 Å². The predicted molar refractivity (Wildman–Crippen MR) is 99.3 cm³/mol. The zero-order chi connectivity index (χ0) is 19.3. The third kappa shape index (κ3) is 3.93. The van der Waals surface area contributed by atoms with E-state index in [1.54, 1.807) is 24.3 Å². The van der Waals surface area contributed by atoms with Crippen molar-refractivity contribution >= 4 is 11.3 Å². The highest BCUT2D eigenvalue weighted by Gasteiger charge is 2.28. The quantitative estimate of drug-likeness (QED) is 0.756. The van der Waals surface area contributed by atoms with Gasteiger partial charge >= 0.3 is 0 Å². The van der Waals surface area contributed by atoms with E-state index in [-0.39, 0.29) is 29.1 Å². The van der Waals surface area contributed by atoms with Crippen LogP contribution in [-0.4, -0.2) is 13.3 Å². The molecule has 1 aliphatic rings. The SMILES string of the molecule is C=C1NC(c2c(F)cc(OC)cc2F)=C(c2ccccc2)CC1F.CC. The van der Waals surface area contributed by atoms with Crippen molar-refractivity contribution in [3.05, 3.63) is 77.5 Å². The number of allylic oxidation sites excluding steroid dienone is 2. The second-order valence-corrected chi connectivity index (χ2v) is 5.51. The van der Waals surface area contributed by atoms with E-state index in [4.69, 9.17) is 4.74 Å². The van der Waals surface area contributed by atoms with Gasteiger partial charge in [0.05, 0.1) is 18.4 Å². The summed E-state index contributed by atoms with van der Waals surface area (Å²) in [6.45, 7) is 7.60. The third-order valence-corrected chi connectivity index (χ3v) is 3.97. The molecule has 5 heteroatoms. The first-order valence-corrected chi connectivity index (χ1v) is 8.43. The molecule has 0 saturated heterocycles. The second kappa shape index (κ2) is 8.61. The zero-order valence-corrected chi connectivity index (χ0v) is 15.1. The van der Waals surface area contributed by atoms with Crippen molar-refractivity contribution in [3.63, 3.8) is 0 Å². The minimum absolute atomic E-state index is 0.00388. The highest BCUT2D eigenvalue weighted by atomic mass is 19.1. The largest absolute Gasteiger partial charge is 0.497 e. The normalized spacial score (nSPS) is 16.5. The van der Waals surface area contributed by atoms with Gasteiger partial charge in [0.2, 0.25) is 0 Å². The van der Waals surface area contributed by atoms with Gasteiger partial charge in [-0.1, -0.05) is 50.8 Å². The van der Waals surface area contributed by atoms with Gasteiger partial charge in [0.1, 0.15) is 23.6 Å². The number of ether oxygens (including phenoxy) is 1. The molecule has 3 rings (SSSR count). The van der Waals surface area contributed by atoms with E-state index in [2.05, 4.69) is 11.9 Å². The summed E-state index contributed by atoms with van der Waals surface area (Å²) < 4.78 is 47.9. The van der Waals surface area contributed by atoms with E-state index in [1.807, 2.05) is 19.9 Å². The van der Waals surface area contributed by atoms with Crippen LogP contribution < -0.4 is 10.1 Å². The minimum atomic E-state index is -1.33. The first-order chi connectivity index (χ1) is 12.5. The maximum atomic E-state index is 14.5. The Hall–Kier alpha value is -2.69. The Morgan fingerprint density at radius 3 is 2.19 bits per heavy atom. The lowest BCUT2D eigenvalue weighted by Gasteiger charge is -2.27. The summed E-state index contributed by atoms with van der Waals surface area (Å²) in [6.07, 6.45) is -1.33. The van der Waals surface area contributed by atoms with Crippen molar-refractivity contribution in [1.29, 1.82) is 0 Å². The Balaban J connectivity index is 0.00000117. The molecule has 138 valence electrons. The lowest BCUT2D eigenvalue weighted by molar-refractivity contribution is 0.374. The maximum Gasteiger partial charge on any atom is 0.143 e. The fraction of sp³-hybridized carbons (Fsp3) is 0.238. The van der Waals surface area contributed by atoms with E-state index < -0.39 is 17.8 Å². The van der Waals surface area contributed by atoms with Crippen LogP contribution in [0.5, 0.6) is 5.75 Å². The molecule has 0 spiro atoms. The molecule has 1 atom stereocenters. The van der Waals surface area contributed by atoms with Crippen molar-refractivity contribution in [2.45, 2.75) is 26.4 Å². The molecule has 0 aliphatic carbocycles. The van der Waals surface area contributed by atoms with E-state index in [9.17, 15) is 13.2 Å². The van der Waals surface area contributed by atoms with Crippen molar-refractivity contribution in [1.82, 2.24) is 5.32 Å². The van der Waals surface area contributed by atoms with Crippen LogP contribution in [0, 0.1) is 11.6 Å². The van der Waals surface area contributed by atoms with E-state index in [0.717, 1.165) is 12.1 Å². The molecule has 0 bridgehead atoms. The number of nitrogens with one attached hydrogen (secondary N) is 1. The molecule has 1 N–H and O–H groups in total. The lowest BCUT2D eigenvalue weighted by Crippen LogP contribution is -2.27. The van der Waals surface area contributed by atoms with E-state index in [1.165, 1.54) is 7.11 Å². The van der Waals surface area contributed by atoms with Crippen LogP contribution in [0.15, 0.2) is 54.7 Å². The molecule has 1 unspecified atom stereocenters. The number of hydrogen-bond acceptors (Lipinski definition) is 2. The lowest BCUT2D eigenvalue weighted by atomic mass is 9.90. The van der Waals surface area contributed by atoms with Gasteiger partial charge in [0.25, 0.3) is 0 Å². The molecule has 1 heterocycles. The molecule has 1 aliphatic heterocycles. The number of benzene rings is 2. The summed E-state index contributed by atoms with van der Waals surface area (Å²) in [6, 6.07) is 11.1. The first-order valence-electron chi connectivity index (χ1n) is 8.43. The molecule has 0 amide bonds. The summed E-state index contributed by atoms with van der Waals surface area (Å²) in [7, 11) is 1.33. The molecule has 2 aromatic rings. The van der Waals surface area contributed by atoms with Crippen LogP contribution in [-0.2, 0) is 0 Å². The Bertz CT molecular complexity index is 792. The highest BCUT2D eigenvalue weighted by Crippen LogP contribution is 2.37. The van der Waals surface area contributed by atoms with E-state index >= 15 is 0 Å². The Morgan fingerprint density at radius 2 is 1.65 bits per heavy atom. The molecular weight excluding hydrogens is 339 g/mol. The molecule has 0 saturated carbocycles. The van der Waals surface area contributed by atoms with Crippen molar-refractivity contribution in [2.75, 3.05) is 7.11 Å². The van der Waals surface area contributed by atoms with Gasteiger partial charge in [-0.2, -0.15) is 0 Å². The Kier molecular flexibility index (Phi) is 6.50. The minimum Gasteiger partial charge on any atom is -0.497 e. The third-order valence-electron chi connectivity index (χ3n) is 3.97. The van der Waals surface area contributed by atoms with Gasteiger partial charge in [0, 0.05) is 24.3 Å². The zero-order valence-electron chi connectivity index (χ0n) is 15.1. The fourth-order valence-corrected chi connectivity index (χ4v) is 2.74. The standard InChI is InChI=1S/C19H16F3NO.C2H6/c1-11-15(20)10-14(12-6-4-3-5-7-12)19(23-11)18-16(21)8-13(24-2)9-17(18)22;1-2/h3-9,15,23H,1,10H2,2H3;1-2H3. The van der Waals surface area contributed by atoms with Crippen LogP contribution in [0.2, 0.25) is 0 Å². The number of methoxy groups -OCH3 is 1. The summed E-state index contributed by atoms with van der Waals surface area (Å²) in [5, 5.41) is 2.74. The Labute approximate surface area is 152 Å². The highest BCUT2D eigenvalue weighted by molar-refractivity contribution is 5.92. The maximum absolute atomic E-state index is 14.5. The summed E-state index contributed by atoms with van der Waals surface area (Å²) in [5.74, 6) is -1.49. The molecule has 0 aromatic heterocycles. The van der Waals surface area contributed by atoms with Crippen molar-refractivity contribution in [2.24, 2.45) is 0 Å². The molecule has 2 aromatic carbocycles. The van der Waals surface area contributed by atoms with Gasteiger partial charge in [0.15, 0.2) is 0 Å².